The average Bonchev–Trinajstić information content (AvgIpc) is 3.08. The molecule has 17 heavy (non-hydrogen) atoms. The van der Waals surface area contributed by atoms with Gasteiger partial charge in [-0.15, -0.1) is 10.2 Å². The number of hydrogen-bond acceptors (Lipinski definition) is 4. The summed E-state index contributed by atoms with van der Waals surface area (Å²) in [6.45, 7) is 4.75. The van der Waals surface area contributed by atoms with E-state index in [1.165, 1.54) is 24.6 Å². The summed E-state index contributed by atoms with van der Waals surface area (Å²) >= 11 is 1.47. The Labute approximate surface area is 105 Å². The number of carbonyl (C=O) groups excluding carboxylic acids is 1. The molecule has 0 saturated heterocycles. The molecule has 1 aromatic heterocycles. The van der Waals surface area contributed by atoms with Gasteiger partial charge in [0.2, 0.25) is 5.91 Å². The molecule has 1 aromatic rings. The lowest BCUT2D eigenvalue weighted by Crippen LogP contribution is -2.25. The Kier molecular flexibility index (Phi) is 4.04. The van der Waals surface area contributed by atoms with Gasteiger partial charge in [0.25, 0.3) is 0 Å². The highest BCUT2D eigenvalue weighted by Crippen LogP contribution is 2.38. The van der Waals surface area contributed by atoms with E-state index in [0.717, 1.165) is 23.9 Å². The van der Waals surface area contributed by atoms with Crippen LogP contribution in [-0.4, -0.2) is 33.0 Å². The second-order valence-corrected chi connectivity index (χ2v) is 5.21. The lowest BCUT2D eigenvalue weighted by atomic mass is 10.5. The summed E-state index contributed by atoms with van der Waals surface area (Å²) in [4.78, 5) is 11.5. The highest BCUT2D eigenvalue weighted by atomic mass is 32.2. The molecule has 2 rings (SSSR count). The first-order valence-corrected chi connectivity index (χ1v) is 7.02. The van der Waals surface area contributed by atoms with Crippen LogP contribution in [0.3, 0.4) is 0 Å². The number of rotatable bonds is 6. The molecule has 6 heteroatoms. The first kappa shape index (κ1) is 12.4. The number of thioether (sulfide) groups is 1. The van der Waals surface area contributed by atoms with Crippen LogP contribution in [0.2, 0.25) is 0 Å². The van der Waals surface area contributed by atoms with Crippen LogP contribution in [0, 0.1) is 6.92 Å². The maximum absolute atomic E-state index is 11.5. The minimum atomic E-state index is 0.0693. The van der Waals surface area contributed by atoms with Gasteiger partial charge in [-0.05, 0) is 26.2 Å². The quantitative estimate of drug-likeness (QED) is 0.782. The van der Waals surface area contributed by atoms with Gasteiger partial charge >= 0.3 is 0 Å². The fourth-order valence-electron chi connectivity index (χ4n) is 1.65. The predicted octanol–water partition coefficient (Wildman–Crippen LogP) is 1.54. The molecular formula is C11H18N4OS. The van der Waals surface area contributed by atoms with Gasteiger partial charge in [-0.3, -0.25) is 4.79 Å². The smallest absolute Gasteiger partial charge is 0.230 e. The van der Waals surface area contributed by atoms with Gasteiger partial charge < -0.3 is 9.88 Å². The molecule has 1 aliphatic rings. The zero-order valence-electron chi connectivity index (χ0n) is 10.3. The molecule has 0 aromatic carbocycles. The number of aryl methyl sites for hydroxylation is 1. The van der Waals surface area contributed by atoms with Gasteiger partial charge in [0.05, 0.1) is 5.75 Å². The van der Waals surface area contributed by atoms with Crippen molar-refractivity contribution in [3.8, 4) is 0 Å². The van der Waals surface area contributed by atoms with Crippen molar-refractivity contribution >= 4 is 17.7 Å². The summed E-state index contributed by atoms with van der Waals surface area (Å²) < 4.78 is 2.15. The molecule has 0 aliphatic heterocycles. The molecule has 1 aliphatic carbocycles. The molecule has 0 atom stereocenters. The van der Waals surface area contributed by atoms with Crippen LogP contribution in [0.1, 0.15) is 38.1 Å². The van der Waals surface area contributed by atoms with E-state index >= 15 is 0 Å². The van der Waals surface area contributed by atoms with Gasteiger partial charge in [0, 0.05) is 12.6 Å². The normalized spacial score (nSPS) is 14.9. The Balaban J connectivity index is 1.88. The monoisotopic (exact) mass is 254 g/mol. The van der Waals surface area contributed by atoms with E-state index in [0.29, 0.717) is 11.8 Å². The van der Waals surface area contributed by atoms with E-state index < -0.39 is 0 Å². The van der Waals surface area contributed by atoms with Gasteiger partial charge in [-0.1, -0.05) is 18.7 Å². The fourth-order valence-corrected chi connectivity index (χ4v) is 2.53. The fraction of sp³-hybridized carbons (Fsp3) is 0.727. The van der Waals surface area contributed by atoms with Crippen LogP contribution in [0.5, 0.6) is 0 Å². The van der Waals surface area contributed by atoms with Gasteiger partial charge in [-0.25, -0.2) is 0 Å². The van der Waals surface area contributed by atoms with Crippen LogP contribution in [0.15, 0.2) is 5.16 Å². The number of nitrogens with one attached hydrogen (secondary N) is 1. The summed E-state index contributed by atoms with van der Waals surface area (Å²) in [7, 11) is 0. The van der Waals surface area contributed by atoms with E-state index in [2.05, 4.69) is 20.1 Å². The lowest BCUT2D eigenvalue weighted by molar-refractivity contribution is -0.118. The minimum Gasteiger partial charge on any atom is -0.355 e. The molecule has 1 amide bonds. The maximum Gasteiger partial charge on any atom is 0.230 e. The molecular weight excluding hydrogens is 236 g/mol. The summed E-state index contributed by atoms with van der Waals surface area (Å²) in [6.07, 6.45) is 3.37. The summed E-state index contributed by atoms with van der Waals surface area (Å²) in [6, 6.07) is 0.561. The van der Waals surface area contributed by atoms with Gasteiger partial charge in [0.1, 0.15) is 5.82 Å². The Morgan fingerprint density at radius 2 is 2.29 bits per heavy atom. The van der Waals surface area contributed by atoms with Crippen LogP contribution in [0.4, 0.5) is 0 Å². The van der Waals surface area contributed by atoms with E-state index in [4.69, 9.17) is 0 Å². The van der Waals surface area contributed by atoms with Crippen molar-refractivity contribution in [2.24, 2.45) is 0 Å². The number of aromatic nitrogens is 3. The molecule has 5 nitrogen and oxygen atoms in total. The Hall–Kier alpha value is -1.04. The van der Waals surface area contributed by atoms with E-state index in [1.807, 2.05) is 13.8 Å². The summed E-state index contributed by atoms with van der Waals surface area (Å²) in [5.41, 5.74) is 0. The molecule has 1 saturated carbocycles. The number of nitrogens with zero attached hydrogens (tertiary/aromatic N) is 3. The SMILES string of the molecule is CCCNC(=O)CSc1nnc(C)n1C1CC1. The zero-order chi connectivity index (χ0) is 12.3. The topological polar surface area (TPSA) is 59.8 Å². The molecule has 0 bridgehead atoms. The van der Waals surface area contributed by atoms with E-state index in [1.54, 1.807) is 0 Å². The molecule has 0 radical (unpaired) electrons. The van der Waals surface area contributed by atoms with Crippen molar-refractivity contribution in [3.05, 3.63) is 5.82 Å². The van der Waals surface area contributed by atoms with Crippen molar-refractivity contribution < 1.29 is 4.79 Å². The molecule has 0 spiro atoms. The van der Waals surface area contributed by atoms with Crippen LogP contribution < -0.4 is 5.32 Å². The highest BCUT2D eigenvalue weighted by Gasteiger charge is 2.28. The third kappa shape index (κ3) is 3.21. The molecule has 1 heterocycles. The van der Waals surface area contributed by atoms with Crippen molar-refractivity contribution in [2.75, 3.05) is 12.3 Å². The van der Waals surface area contributed by atoms with Crippen molar-refractivity contribution in [1.82, 2.24) is 20.1 Å². The second kappa shape index (κ2) is 5.53. The van der Waals surface area contributed by atoms with Crippen LogP contribution in [0.25, 0.3) is 0 Å². The van der Waals surface area contributed by atoms with Crippen molar-refractivity contribution in [2.45, 2.75) is 44.3 Å². The predicted molar refractivity (Wildman–Crippen MR) is 67.1 cm³/mol. The van der Waals surface area contributed by atoms with Crippen LogP contribution in [-0.2, 0) is 4.79 Å². The number of amides is 1. The highest BCUT2D eigenvalue weighted by molar-refractivity contribution is 7.99. The zero-order valence-corrected chi connectivity index (χ0v) is 11.1. The standard InChI is InChI=1S/C11H18N4OS/c1-3-6-12-10(16)7-17-11-14-13-8(2)15(11)9-4-5-9/h9H,3-7H2,1-2H3,(H,12,16). The number of hydrogen-bond donors (Lipinski definition) is 1. The Bertz CT molecular complexity index is 400. The van der Waals surface area contributed by atoms with Gasteiger partial charge in [-0.2, -0.15) is 0 Å². The summed E-state index contributed by atoms with van der Waals surface area (Å²) in [5.74, 6) is 1.44. The Morgan fingerprint density at radius 1 is 1.53 bits per heavy atom. The van der Waals surface area contributed by atoms with Crippen molar-refractivity contribution in [3.63, 3.8) is 0 Å². The van der Waals surface area contributed by atoms with E-state index in [9.17, 15) is 4.79 Å². The number of carbonyl (C=O) groups is 1. The van der Waals surface area contributed by atoms with Crippen molar-refractivity contribution in [1.29, 1.82) is 0 Å². The largest absolute Gasteiger partial charge is 0.355 e. The average molecular weight is 254 g/mol. The third-order valence-electron chi connectivity index (χ3n) is 2.65. The third-order valence-corrected chi connectivity index (χ3v) is 3.59. The molecule has 1 N–H and O–H groups in total. The second-order valence-electron chi connectivity index (χ2n) is 4.27. The first-order valence-electron chi connectivity index (χ1n) is 6.03. The van der Waals surface area contributed by atoms with Crippen LogP contribution >= 0.6 is 11.8 Å². The lowest BCUT2D eigenvalue weighted by Gasteiger charge is -2.06. The molecule has 94 valence electrons. The van der Waals surface area contributed by atoms with E-state index in [-0.39, 0.29) is 5.91 Å². The Morgan fingerprint density at radius 3 is 2.94 bits per heavy atom. The molecule has 1 fully saturated rings. The molecule has 0 unspecified atom stereocenters. The van der Waals surface area contributed by atoms with Gasteiger partial charge in [0.15, 0.2) is 5.16 Å². The maximum atomic E-state index is 11.5. The summed E-state index contributed by atoms with van der Waals surface area (Å²) in [5, 5.41) is 11.9. The minimum absolute atomic E-state index is 0.0693. The first-order chi connectivity index (χ1) is 8.22.